The van der Waals surface area contributed by atoms with E-state index in [1.54, 1.807) is 49.9 Å². The van der Waals surface area contributed by atoms with Crippen LogP contribution >= 0.6 is 11.6 Å². The number of ether oxygens (including phenoxy) is 2. The number of hydrogen-bond donors (Lipinski definition) is 0. The number of carbonyl (C=O) groups is 1. The minimum Gasteiger partial charge on any atom is -0.462 e. The van der Waals surface area contributed by atoms with Gasteiger partial charge in [-0.05, 0) is 64.5 Å². The molecule has 3 aliphatic rings. The van der Waals surface area contributed by atoms with Crippen molar-refractivity contribution in [1.82, 2.24) is 24.8 Å². The van der Waals surface area contributed by atoms with Gasteiger partial charge in [0.05, 0.1) is 10.4 Å². The van der Waals surface area contributed by atoms with Crippen LogP contribution in [0.15, 0.2) is 36.5 Å². The minimum atomic E-state index is -0.718. The second kappa shape index (κ2) is 13.2. The van der Waals surface area contributed by atoms with E-state index in [-0.39, 0.29) is 47.9 Å². The molecule has 3 saturated heterocycles. The van der Waals surface area contributed by atoms with E-state index in [4.69, 9.17) is 32.6 Å². The number of anilines is 1. The largest absolute Gasteiger partial charge is 0.462 e. The summed E-state index contributed by atoms with van der Waals surface area (Å²) in [7, 11) is 0. The van der Waals surface area contributed by atoms with Crippen molar-refractivity contribution in [1.29, 1.82) is 0 Å². The summed E-state index contributed by atoms with van der Waals surface area (Å²) in [5, 5.41) is 1.22. The summed E-state index contributed by atoms with van der Waals surface area (Å²) in [6, 6.07) is 8.38. The molecule has 5 heterocycles. The van der Waals surface area contributed by atoms with Crippen molar-refractivity contribution in [2.75, 3.05) is 44.2 Å². The number of rotatable bonds is 6. The van der Waals surface area contributed by atoms with E-state index in [1.807, 2.05) is 4.90 Å². The van der Waals surface area contributed by atoms with Gasteiger partial charge in [-0.25, -0.2) is 20.1 Å². The SMILES string of the molecule is [C-]#[N+]C[C@H]1CN(c2nc(OCC3CCC4CCCN43)nc3c(F)c(-c4cccc5ccc(F)c(Cl)c45)ncc23)CCN1C(=O)OC(C)(C)C. The van der Waals surface area contributed by atoms with Gasteiger partial charge in [0, 0.05) is 48.9 Å². The van der Waals surface area contributed by atoms with Gasteiger partial charge in [0.25, 0.3) is 0 Å². The molecular formula is C36H38ClF2N7O3. The summed E-state index contributed by atoms with van der Waals surface area (Å²) in [6.45, 7) is 15.3. The molecule has 0 saturated carbocycles. The van der Waals surface area contributed by atoms with E-state index in [2.05, 4.69) is 19.7 Å². The predicted octanol–water partition coefficient (Wildman–Crippen LogP) is 7.13. The number of nitrogens with zero attached hydrogens (tertiary/aromatic N) is 7. The van der Waals surface area contributed by atoms with E-state index in [0.29, 0.717) is 46.7 Å². The maximum atomic E-state index is 16.8. The number of pyridine rings is 1. The quantitative estimate of drug-likeness (QED) is 0.198. The third-order valence-electron chi connectivity index (χ3n) is 9.68. The Bertz CT molecular complexity index is 1970. The van der Waals surface area contributed by atoms with Gasteiger partial charge in [-0.3, -0.25) is 14.8 Å². The lowest BCUT2D eigenvalue weighted by Crippen LogP contribution is -2.57. The number of amides is 1. The Morgan fingerprint density at radius 1 is 1.08 bits per heavy atom. The van der Waals surface area contributed by atoms with Gasteiger partial charge < -0.3 is 19.2 Å². The van der Waals surface area contributed by atoms with E-state index >= 15 is 4.39 Å². The maximum Gasteiger partial charge on any atom is 0.410 e. The van der Waals surface area contributed by atoms with Crippen LogP contribution < -0.4 is 9.64 Å². The highest BCUT2D eigenvalue weighted by atomic mass is 35.5. The summed E-state index contributed by atoms with van der Waals surface area (Å²) >= 11 is 6.41. The highest BCUT2D eigenvalue weighted by molar-refractivity contribution is 6.36. The molecule has 3 atom stereocenters. The van der Waals surface area contributed by atoms with Crippen molar-refractivity contribution in [2.45, 2.75) is 70.2 Å². The molecule has 2 aromatic carbocycles. The van der Waals surface area contributed by atoms with E-state index in [1.165, 1.54) is 25.1 Å². The van der Waals surface area contributed by atoms with Gasteiger partial charge in [-0.1, -0.05) is 35.9 Å². The van der Waals surface area contributed by atoms with Gasteiger partial charge in [0.15, 0.2) is 5.82 Å². The highest BCUT2D eigenvalue weighted by Crippen LogP contribution is 2.39. The fourth-order valence-electron chi connectivity index (χ4n) is 7.44. The molecule has 1 amide bonds. The van der Waals surface area contributed by atoms with Crippen molar-refractivity contribution >= 4 is 45.2 Å². The third kappa shape index (κ3) is 6.42. The monoisotopic (exact) mass is 689 g/mol. The molecule has 3 aliphatic heterocycles. The first-order chi connectivity index (χ1) is 23.5. The maximum absolute atomic E-state index is 16.8. The molecule has 0 N–H and O–H groups in total. The van der Waals surface area contributed by atoms with Gasteiger partial charge in [-0.15, -0.1) is 0 Å². The Labute approximate surface area is 288 Å². The first kappa shape index (κ1) is 33.2. The van der Waals surface area contributed by atoms with Crippen molar-refractivity contribution in [3.8, 4) is 17.3 Å². The molecule has 13 heteroatoms. The summed E-state index contributed by atoms with van der Waals surface area (Å²) in [6.07, 6.45) is 5.52. The minimum absolute atomic E-state index is 0.00343. The lowest BCUT2D eigenvalue weighted by Gasteiger charge is -2.40. The van der Waals surface area contributed by atoms with Crippen LogP contribution in [-0.2, 0) is 4.74 Å². The smallest absolute Gasteiger partial charge is 0.410 e. The van der Waals surface area contributed by atoms with E-state index in [9.17, 15) is 9.18 Å². The van der Waals surface area contributed by atoms with Crippen molar-refractivity contribution < 1.29 is 23.0 Å². The first-order valence-electron chi connectivity index (χ1n) is 16.7. The van der Waals surface area contributed by atoms with Crippen molar-refractivity contribution in [3.05, 3.63) is 64.6 Å². The van der Waals surface area contributed by atoms with E-state index in [0.717, 1.165) is 19.4 Å². The molecule has 0 aliphatic carbocycles. The van der Waals surface area contributed by atoms with Gasteiger partial charge in [0.1, 0.15) is 41.1 Å². The molecule has 4 aromatic rings. The summed E-state index contributed by atoms with van der Waals surface area (Å²) in [4.78, 5) is 36.6. The van der Waals surface area contributed by atoms with Crippen LogP contribution in [0.5, 0.6) is 6.01 Å². The van der Waals surface area contributed by atoms with Crippen LogP contribution in [0, 0.1) is 18.2 Å². The molecule has 3 fully saturated rings. The molecular weight excluding hydrogens is 652 g/mol. The molecule has 256 valence electrons. The number of halogens is 3. The normalized spacial score (nSPS) is 21.3. The van der Waals surface area contributed by atoms with Crippen LogP contribution in [0.4, 0.5) is 19.4 Å². The summed E-state index contributed by atoms with van der Waals surface area (Å²) < 4.78 is 43.3. The second-order valence-electron chi connectivity index (χ2n) is 14.0. The number of aromatic nitrogens is 3. The lowest BCUT2D eigenvalue weighted by atomic mass is 10.0. The van der Waals surface area contributed by atoms with Crippen LogP contribution in [-0.4, -0.2) is 93.9 Å². The molecule has 49 heavy (non-hydrogen) atoms. The topological polar surface area (TPSA) is 88.3 Å². The average molecular weight is 690 g/mol. The van der Waals surface area contributed by atoms with Crippen LogP contribution in [0.25, 0.3) is 37.8 Å². The summed E-state index contributed by atoms with van der Waals surface area (Å²) in [5.74, 6) is -0.941. The number of fused-ring (bicyclic) bond motifs is 3. The zero-order valence-electron chi connectivity index (χ0n) is 27.8. The van der Waals surface area contributed by atoms with E-state index < -0.39 is 29.4 Å². The van der Waals surface area contributed by atoms with Gasteiger partial charge in [-0.2, -0.15) is 9.97 Å². The standard InChI is InChI=1S/C36H38ClF2N7O3/c1-36(2,3)49-35(47)46-16-15-44(19-24(46)17-40-4)33-26-18-41-31(25-9-5-7-21-10-13-27(38)29(37)28(21)25)30(39)32(26)42-34(43-33)48-20-23-12-11-22-8-6-14-45(22)23/h5,7,9-10,13,18,22-24H,6,8,11-12,14-17,19-20H2,1-3H3/t22?,23?,24-/m0/s1. The predicted molar refractivity (Wildman–Crippen MR) is 184 cm³/mol. The number of hydrogen-bond acceptors (Lipinski definition) is 8. The lowest BCUT2D eigenvalue weighted by molar-refractivity contribution is 0.0155. The first-order valence-corrected chi connectivity index (χ1v) is 17.1. The molecule has 7 rings (SSSR count). The van der Waals surface area contributed by atoms with Crippen LogP contribution in [0.1, 0.15) is 46.5 Å². The van der Waals surface area contributed by atoms with Gasteiger partial charge >= 0.3 is 12.1 Å². The fraction of sp³-hybridized carbons (Fsp3) is 0.472. The molecule has 0 bridgehead atoms. The number of piperazine rings is 1. The van der Waals surface area contributed by atoms with Crippen molar-refractivity contribution in [3.63, 3.8) is 0 Å². The Morgan fingerprint density at radius 3 is 2.71 bits per heavy atom. The van der Waals surface area contributed by atoms with Gasteiger partial charge in [0.2, 0.25) is 6.54 Å². The van der Waals surface area contributed by atoms with Crippen molar-refractivity contribution in [2.24, 2.45) is 0 Å². The molecule has 2 unspecified atom stereocenters. The molecule has 0 radical (unpaired) electrons. The van der Waals surface area contributed by atoms with Crippen LogP contribution in [0.2, 0.25) is 5.02 Å². The number of carbonyl (C=O) groups excluding carboxylic acids is 1. The highest BCUT2D eigenvalue weighted by Gasteiger charge is 2.38. The Hall–Kier alpha value is -4.34. The zero-order chi connectivity index (χ0) is 34.4. The average Bonchev–Trinajstić information content (AvgIpc) is 3.69. The second-order valence-corrected chi connectivity index (χ2v) is 14.3. The zero-order valence-corrected chi connectivity index (χ0v) is 28.5. The fourth-order valence-corrected chi connectivity index (χ4v) is 7.72. The molecule has 0 spiro atoms. The third-order valence-corrected chi connectivity index (χ3v) is 10.0. The van der Waals surface area contributed by atoms with Crippen LogP contribution in [0.3, 0.4) is 0 Å². The summed E-state index contributed by atoms with van der Waals surface area (Å²) in [5.41, 5.74) is -0.395. The number of benzene rings is 2. The molecule has 2 aromatic heterocycles. The Morgan fingerprint density at radius 2 is 1.92 bits per heavy atom. The Kier molecular flexibility index (Phi) is 8.92. The Balaban J connectivity index is 1.29. The molecule has 10 nitrogen and oxygen atoms in total.